The van der Waals surface area contributed by atoms with Gasteiger partial charge in [0, 0.05) is 42.3 Å². The minimum atomic E-state index is 0.296. The lowest BCUT2D eigenvalue weighted by Gasteiger charge is -2.10. The highest BCUT2D eigenvalue weighted by atomic mass is 35.5. The van der Waals surface area contributed by atoms with Gasteiger partial charge < -0.3 is 9.64 Å². The lowest BCUT2D eigenvalue weighted by Crippen LogP contribution is -2.07. The highest BCUT2D eigenvalue weighted by Crippen LogP contribution is 2.41. The minimum Gasteiger partial charge on any atom is -0.443 e. The average Bonchev–Trinajstić information content (AvgIpc) is 3.05. The summed E-state index contributed by atoms with van der Waals surface area (Å²) in [5.41, 5.74) is 2.81. The molecule has 29 heavy (non-hydrogen) atoms. The van der Waals surface area contributed by atoms with Crippen LogP contribution in [0.1, 0.15) is 11.1 Å². The number of aryl methyl sites for hydroxylation is 1. The molecule has 0 aliphatic rings. The summed E-state index contributed by atoms with van der Waals surface area (Å²) in [5.74, 6) is 0.521. The van der Waals surface area contributed by atoms with Crippen LogP contribution in [0.2, 0.25) is 15.1 Å². The fourth-order valence-corrected chi connectivity index (χ4v) is 3.87. The van der Waals surface area contributed by atoms with Crippen LogP contribution in [0.4, 0.5) is 5.69 Å². The number of aliphatic imine (C=N–C) groups is 1. The molecule has 0 aliphatic carbocycles. The number of benzene rings is 2. The van der Waals surface area contributed by atoms with Crippen LogP contribution in [-0.4, -0.2) is 29.7 Å². The summed E-state index contributed by atoms with van der Waals surface area (Å²) in [6, 6.07) is 10.7. The first-order valence-electron chi connectivity index (χ1n) is 8.34. The molecule has 148 valence electrons. The van der Waals surface area contributed by atoms with Gasteiger partial charge in [0.05, 0.1) is 22.1 Å². The van der Waals surface area contributed by atoms with Gasteiger partial charge in [0.15, 0.2) is 0 Å². The maximum absolute atomic E-state index is 9.68. The fraction of sp³-hybridized carbons (Fsp3) is 0.150. The van der Waals surface area contributed by atoms with E-state index in [0.29, 0.717) is 48.4 Å². The van der Waals surface area contributed by atoms with E-state index in [2.05, 4.69) is 15.4 Å². The molecule has 5 nitrogen and oxygen atoms in total. The van der Waals surface area contributed by atoms with Crippen molar-refractivity contribution >= 4 is 58.4 Å². The zero-order valence-electron chi connectivity index (χ0n) is 15.7. The van der Waals surface area contributed by atoms with Crippen molar-refractivity contribution in [3.63, 3.8) is 0 Å². The molecule has 9 heteroatoms. The number of hydrogen-bond donors (Lipinski definition) is 0. The first kappa shape index (κ1) is 21.4. The van der Waals surface area contributed by atoms with E-state index in [4.69, 9.17) is 39.5 Å². The molecule has 0 spiro atoms. The molecular formula is C20H15Cl3N4OS. The second-order valence-corrected chi connectivity index (χ2v) is 8.30. The molecule has 0 atom stereocenters. The summed E-state index contributed by atoms with van der Waals surface area (Å²) in [6.07, 6.45) is 1.67. The Labute approximate surface area is 187 Å². The van der Waals surface area contributed by atoms with E-state index in [1.54, 1.807) is 30.6 Å². The number of halogens is 3. The number of ether oxygens (including phenoxy) is 1. The molecular weight excluding hydrogens is 451 g/mol. The lowest BCUT2D eigenvalue weighted by atomic mass is 10.1. The van der Waals surface area contributed by atoms with Gasteiger partial charge >= 0.3 is 0 Å². The molecule has 3 rings (SSSR count). The molecule has 0 unspecified atom stereocenters. The Balaban J connectivity index is 1.97. The first-order chi connectivity index (χ1) is 13.8. The molecule has 0 saturated carbocycles. The lowest BCUT2D eigenvalue weighted by molar-refractivity contribution is 0.491. The molecule has 0 radical (unpaired) electrons. The molecule has 3 aromatic rings. The van der Waals surface area contributed by atoms with E-state index in [1.807, 2.05) is 32.0 Å². The second kappa shape index (κ2) is 9.02. The summed E-state index contributed by atoms with van der Waals surface area (Å²) < 4.78 is 10.3. The Morgan fingerprint density at radius 3 is 2.59 bits per heavy atom. The highest BCUT2D eigenvalue weighted by molar-refractivity contribution is 7.08. The van der Waals surface area contributed by atoms with Crippen LogP contribution in [-0.2, 0) is 0 Å². The zero-order chi connectivity index (χ0) is 21.1. The maximum Gasteiger partial charge on any atom is 0.218 e. The molecule has 0 fully saturated rings. The fourth-order valence-electron chi connectivity index (χ4n) is 2.44. The van der Waals surface area contributed by atoms with Gasteiger partial charge in [-0.3, -0.25) is 0 Å². The number of aromatic nitrogens is 1. The van der Waals surface area contributed by atoms with E-state index in [-0.39, 0.29) is 0 Å². The average molecular weight is 466 g/mol. The smallest absolute Gasteiger partial charge is 0.218 e. The topological polar surface area (TPSA) is 61.5 Å². The van der Waals surface area contributed by atoms with E-state index in [0.717, 1.165) is 17.1 Å². The summed E-state index contributed by atoms with van der Waals surface area (Å²) in [4.78, 5) is 6.15. The second-order valence-electron chi connectivity index (χ2n) is 6.31. The summed E-state index contributed by atoms with van der Waals surface area (Å²) in [7, 11) is 3.75. The van der Waals surface area contributed by atoms with Crippen LogP contribution < -0.4 is 4.74 Å². The predicted octanol–water partition coefficient (Wildman–Crippen LogP) is 6.96. The largest absolute Gasteiger partial charge is 0.443 e. The number of rotatable bonds is 5. The SMILES string of the molecule is Cc1cc(N=CN(C)C)c(Cl)cc1Oc1snc(-c2ccc(Cl)cc2Cl)c1C#N. The van der Waals surface area contributed by atoms with Crippen molar-refractivity contribution < 1.29 is 4.74 Å². The minimum absolute atomic E-state index is 0.296. The Kier molecular flexibility index (Phi) is 6.66. The quantitative estimate of drug-likeness (QED) is 0.302. The normalized spacial score (nSPS) is 10.9. The van der Waals surface area contributed by atoms with Gasteiger partial charge in [-0.2, -0.15) is 9.64 Å². The monoisotopic (exact) mass is 464 g/mol. The molecule has 0 bridgehead atoms. The Bertz CT molecular complexity index is 1140. The van der Waals surface area contributed by atoms with Crippen LogP contribution in [0.3, 0.4) is 0 Å². The van der Waals surface area contributed by atoms with Gasteiger partial charge in [-0.05, 0) is 36.8 Å². The maximum atomic E-state index is 9.68. The van der Waals surface area contributed by atoms with Gasteiger partial charge in [-0.1, -0.05) is 34.8 Å². The van der Waals surface area contributed by atoms with Crippen LogP contribution >= 0.6 is 46.3 Å². The van der Waals surface area contributed by atoms with Gasteiger partial charge in [0.25, 0.3) is 0 Å². The van der Waals surface area contributed by atoms with Crippen molar-refractivity contribution in [2.75, 3.05) is 14.1 Å². The highest BCUT2D eigenvalue weighted by Gasteiger charge is 2.20. The third-order valence-electron chi connectivity index (χ3n) is 3.83. The van der Waals surface area contributed by atoms with Crippen molar-refractivity contribution in [3.8, 4) is 28.1 Å². The summed E-state index contributed by atoms with van der Waals surface area (Å²) in [6.45, 7) is 1.88. The first-order valence-corrected chi connectivity index (χ1v) is 10.2. The predicted molar refractivity (Wildman–Crippen MR) is 120 cm³/mol. The molecule has 0 saturated heterocycles. The molecule has 1 aromatic heterocycles. The van der Waals surface area contributed by atoms with Crippen molar-refractivity contribution in [2.45, 2.75) is 6.92 Å². The third-order valence-corrected chi connectivity index (χ3v) is 5.41. The molecule has 0 N–H and O–H groups in total. The van der Waals surface area contributed by atoms with Gasteiger partial charge in [-0.15, -0.1) is 0 Å². The van der Waals surface area contributed by atoms with Gasteiger partial charge in [-0.25, -0.2) is 4.99 Å². The van der Waals surface area contributed by atoms with Crippen LogP contribution in [0.5, 0.6) is 10.8 Å². The Hall–Kier alpha value is -2.30. The zero-order valence-corrected chi connectivity index (χ0v) is 18.8. The van der Waals surface area contributed by atoms with Gasteiger partial charge in [0.1, 0.15) is 23.1 Å². The summed E-state index contributed by atoms with van der Waals surface area (Å²) in [5, 5.41) is 11.4. The van der Waals surface area contributed by atoms with Crippen molar-refractivity contribution in [2.24, 2.45) is 4.99 Å². The Morgan fingerprint density at radius 1 is 1.17 bits per heavy atom. The standard InChI is InChI=1S/C20H15Cl3N4OS/c1-11-6-17(25-10-27(2)3)16(23)8-18(11)28-20-14(9-24)19(26-29-20)13-5-4-12(21)7-15(13)22/h4-8,10H,1-3H3. The summed E-state index contributed by atoms with van der Waals surface area (Å²) >= 11 is 19.6. The van der Waals surface area contributed by atoms with E-state index < -0.39 is 0 Å². The molecule has 0 amide bonds. The molecule has 1 heterocycles. The Morgan fingerprint density at radius 2 is 1.93 bits per heavy atom. The number of nitriles is 1. The molecule has 2 aromatic carbocycles. The third kappa shape index (κ3) is 4.82. The van der Waals surface area contributed by atoms with E-state index in [9.17, 15) is 5.26 Å². The van der Waals surface area contributed by atoms with E-state index in [1.165, 1.54) is 0 Å². The van der Waals surface area contributed by atoms with Crippen LogP contribution in [0.25, 0.3) is 11.3 Å². The van der Waals surface area contributed by atoms with Gasteiger partial charge in [0.2, 0.25) is 5.06 Å². The van der Waals surface area contributed by atoms with Crippen molar-refractivity contribution in [3.05, 3.63) is 56.5 Å². The van der Waals surface area contributed by atoms with E-state index >= 15 is 0 Å². The van der Waals surface area contributed by atoms with Crippen LogP contribution in [0.15, 0.2) is 35.3 Å². The van der Waals surface area contributed by atoms with Crippen molar-refractivity contribution in [1.82, 2.24) is 9.27 Å². The number of nitrogens with zero attached hydrogens (tertiary/aromatic N) is 4. The molecule has 0 aliphatic heterocycles. The van der Waals surface area contributed by atoms with Crippen molar-refractivity contribution in [1.29, 1.82) is 5.26 Å². The van der Waals surface area contributed by atoms with Crippen LogP contribution in [0, 0.1) is 18.3 Å². The number of hydrogen-bond acceptors (Lipinski definition) is 5.